The van der Waals surface area contributed by atoms with Crippen LogP contribution in [-0.4, -0.2) is 141 Å². The second kappa shape index (κ2) is 36.8. The Balaban J connectivity index is 1.82. The molecule has 0 aliphatic rings. The molecule has 1 aromatic rings. The maximum Gasteiger partial charge on any atom is 0.332 e. The maximum atomic E-state index is 12.1. The largest absolute Gasteiger partial charge is 0.491 e. The number of carbonyl (C=O) groups excluding carboxylic acids is 3. The van der Waals surface area contributed by atoms with E-state index in [0.29, 0.717) is 104 Å². The van der Waals surface area contributed by atoms with Crippen LogP contribution in [0, 0.1) is 0 Å². The Labute approximate surface area is 339 Å². The Hall–Kier alpha value is -2.50. The third kappa shape index (κ3) is 37.1. The molecule has 0 aromatic heterocycles. The molecule has 0 atom stereocenters. The molecular formula is C41H71NO13S. The topological polar surface area (TPSA) is 156 Å². The van der Waals surface area contributed by atoms with Crippen LogP contribution < -0.4 is 14.8 Å². The summed E-state index contributed by atoms with van der Waals surface area (Å²) in [5.74, 6) is 1.56. The van der Waals surface area contributed by atoms with Gasteiger partial charge >= 0.3 is 5.97 Å². The summed E-state index contributed by atoms with van der Waals surface area (Å²) in [6, 6.07) is 7.06. The summed E-state index contributed by atoms with van der Waals surface area (Å²) in [7, 11) is 0. The highest BCUT2D eigenvalue weighted by molar-refractivity contribution is 8.13. The molecule has 1 amide bonds. The molecule has 0 saturated heterocycles. The van der Waals surface area contributed by atoms with Crippen molar-refractivity contribution in [2.24, 2.45) is 0 Å². The van der Waals surface area contributed by atoms with Crippen LogP contribution in [0.4, 0.5) is 0 Å². The SMILES string of the molecule is CC(=O)SCCCCCCCCCCCOCCOCCOCCOc1ccc(OCC(=O)NCCOCCOCCOCCOCC(=O)OC(C)(C)C)cc1. The lowest BCUT2D eigenvalue weighted by atomic mass is 10.1. The molecule has 0 saturated carbocycles. The van der Waals surface area contributed by atoms with Gasteiger partial charge in [-0.2, -0.15) is 0 Å². The van der Waals surface area contributed by atoms with Crippen molar-refractivity contribution in [3.8, 4) is 11.5 Å². The van der Waals surface area contributed by atoms with E-state index in [2.05, 4.69) is 5.32 Å². The summed E-state index contributed by atoms with van der Waals surface area (Å²) >= 11 is 1.44. The van der Waals surface area contributed by atoms with E-state index in [1.165, 1.54) is 56.7 Å². The minimum absolute atomic E-state index is 0.103. The van der Waals surface area contributed by atoms with Crippen LogP contribution in [-0.2, 0) is 52.3 Å². The van der Waals surface area contributed by atoms with Gasteiger partial charge in [-0.25, -0.2) is 4.79 Å². The van der Waals surface area contributed by atoms with Crippen molar-refractivity contribution < 1.29 is 61.8 Å². The van der Waals surface area contributed by atoms with Crippen molar-refractivity contribution in [2.45, 2.75) is 91.1 Å². The first-order valence-corrected chi connectivity index (χ1v) is 21.2. The van der Waals surface area contributed by atoms with Gasteiger partial charge in [-0.05, 0) is 57.9 Å². The number of unbranched alkanes of at least 4 members (excludes halogenated alkanes) is 8. The number of hydrogen-bond acceptors (Lipinski definition) is 14. The summed E-state index contributed by atoms with van der Waals surface area (Å²) in [4.78, 5) is 34.5. The molecule has 1 N–H and O–H groups in total. The Bertz CT molecular complexity index is 1090. The minimum atomic E-state index is -0.527. The molecule has 324 valence electrons. The number of benzene rings is 1. The van der Waals surface area contributed by atoms with Crippen molar-refractivity contribution in [1.82, 2.24) is 5.32 Å². The third-order valence-corrected chi connectivity index (χ3v) is 8.40. The normalized spacial score (nSPS) is 11.4. The second-order valence-corrected chi connectivity index (χ2v) is 15.1. The van der Waals surface area contributed by atoms with Crippen molar-refractivity contribution in [2.75, 3.05) is 118 Å². The van der Waals surface area contributed by atoms with Gasteiger partial charge in [0.1, 0.15) is 30.3 Å². The van der Waals surface area contributed by atoms with E-state index in [1.54, 1.807) is 52.0 Å². The van der Waals surface area contributed by atoms with Crippen molar-refractivity contribution in [3.05, 3.63) is 24.3 Å². The fourth-order valence-corrected chi connectivity index (χ4v) is 5.44. The van der Waals surface area contributed by atoms with Crippen LogP contribution in [0.1, 0.15) is 85.5 Å². The number of nitrogens with one attached hydrogen (secondary N) is 1. The van der Waals surface area contributed by atoms with Crippen molar-refractivity contribution in [1.29, 1.82) is 0 Å². The van der Waals surface area contributed by atoms with E-state index >= 15 is 0 Å². The molecule has 0 fully saturated rings. The van der Waals surface area contributed by atoms with E-state index in [4.69, 9.17) is 47.4 Å². The number of thioether (sulfide) groups is 1. The van der Waals surface area contributed by atoms with Gasteiger partial charge in [0.25, 0.3) is 5.91 Å². The molecular weight excluding hydrogens is 747 g/mol. The van der Waals surface area contributed by atoms with Gasteiger partial charge in [0.15, 0.2) is 11.7 Å². The van der Waals surface area contributed by atoms with Gasteiger partial charge in [-0.15, -0.1) is 0 Å². The number of esters is 1. The molecule has 0 aliphatic carbocycles. The summed E-state index contributed by atoms with van der Waals surface area (Å²) in [5, 5.41) is 2.97. The monoisotopic (exact) mass is 817 g/mol. The molecule has 0 aliphatic heterocycles. The summed E-state index contributed by atoms with van der Waals surface area (Å²) in [5.41, 5.74) is -0.527. The zero-order chi connectivity index (χ0) is 40.8. The Morgan fingerprint density at radius 1 is 0.518 bits per heavy atom. The molecule has 0 spiro atoms. The van der Waals surface area contributed by atoms with Crippen LogP contribution in [0.3, 0.4) is 0 Å². The summed E-state index contributed by atoms with van der Waals surface area (Å²) < 4.78 is 54.7. The first-order chi connectivity index (χ1) is 27.2. The van der Waals surface area contributed by atoms with E-state index in [0.717, 1.165) is 25.2 Å². The van der Waals surface area contributed by atoms with Crippen LogP contribution >= 0.6 is 11.8 Å². The lowest BCUT2D eigenvalue weighted by molar-refractivity contribution is -0.160. The predicted molar refractivity (Wildman–Crippen MR) is 217 cm³/mol. The summed E-state index contributed by atoms with van der Waals surface area (Å²) in [6.07, 6.45) is 11.1. The zero-order valence-electron chi connectivity index (χ0n) is 34.6. The lowest BCUT2D eigenvalue weighted by Crippen LogP contribution is -2.31. The Morgan fingerprint density at radius 2 is 0.946 bits per heavy atom. The molecule has 15 heteroatoms. The molecule has 0 radical (unpaired) electrons. The minimum Gasteiger partial charge on any atom is -0.491 e. The smallest absolute Gasteiger partial charge is 0.332 e. The number of hydrogen-bond donors (Lipinski definition) is 1. The number of carbonyl (C=O) groups is 3. The molecule has 1 aromatic carbocycles. The van der Waals surface area contributed by atoms with Gasteiger partial charge < -0.3 is 52.7 Å². The highest BCUT2D eigenvalue weighted by atomic mass is 32.2. The van der Waals surface area contributed by atoms with Gasteiger partial charge in [0.05, 0.1) is 79.3 Å². The fraction of sp³-hybridized carbons (Fsp3) is 0.780. The van der Waals surface area contributed by atoms with Gasteiger partial charge in [-0.3, -0.25) is 9.59 Å². The van der Waals surface area contributed by atoms with E-state index in [1.807, 2.05) is 0 Å². The number of rotatable bonds is 39. The van der Waals surface area contributed by atoms with Crippen LogP contribution in [0.2, 0.25) is 0 Å². The first-order valence-electron chi connectivity index (χ1n) is 20.2. The average Bonchev–Trinajstić information content (AvgIpc) is 3.15. The molecule has 0 heterocycles. The number of amides is 1. The van der Waals surface area contributed by atoms with E-state index in [-0.39, 0.29) is 24.2 Å². The second-order valence-electron chi connectivity index (χ2n) is 13.8. The van der Waals surface area contributed by atoms with Crippen LogP contribution in [0.25, 0.3) is 0 Å². The van der Waals surface area contributed by atoms with Gasteiger partial charge in [-0.1, -0.05) is 56.7 Å². The third-order valence-electron chi connectivity index (χ3n) is 7.50. The lowest BCUT2D eigenvalue weighted by Gasteiger charge is -2.19. The Kier molecular flexibility index (Phi) is 33.9. The molecule has 0 unspecified atom stereocenters. The van der Waals surface area contributed by atoms with Crippen LogP contribution in [0.15, 0.2) is 24.3 Å². The quantitative estimate of drug-likeness (QED) is 0.0628. The van der Waals surface area contributed by atoms with Crippen LogP contribution in [0.5, 0.6) is 11.5 Å². The van der Waals surface area contributed by atoms with E-state index < -0.39 is 11.6 Å². The van der Waals surface area contributed by atoms with Gasteiger partial charge in [0.2, 0.25) is 0 Å². The molecule has 14 nitrogen and oxygen atoms in total. The molecule has 56 heavy (non-hydrogen) atoms. The first kappa shape index (κ1) is 51.5. The van der Waals surface area contributed by atoms with Crippen molar-refractivity contribution in [3.63, 3.8) is 0 Å². The molecule has 1 rings (SSSR count). The molecule has 0 bridgehead atoms. The average molecular weight is 818 g/mol. The maximum absolute atomic E-state index is 12.1. The van der Waals surface area contributed by atoms with Gasteiger partial charge in [0, 0.05) is 25.8 Å². The van der Waals surface area contributed by atoms with E-state index in [9.17, 15) is 14.4 Å². The number of ether oxygens (including phenoxy) is 10. The highest BCUT2D eigenvalue weighted by Gasteiger charge is 2.16. The summed E-state index contributed by atoms with van der Waals surface area (Å²) in [6.45, 7) is 13.6. The standard InChI is InChI=1S/C41H71NO13S/c1-36(43)56-33-13-11-9-7-5-6-8-10-12-19-46-21-23-48-27-28-51-31-32-53-37-14-16-38(17-15-37)54-34-39(44)42-18-20-47-22-24-49-25-26-50-29-30-52-35-40(45)55-41(2,3)4/h14-17H,5-13,18-35H2,1-4H3,(H,42,44). The van der Waals surface area contributed by atoms with Crippen molar-refractivity contribution >= 4 is 28.8 Å². The fourth-order valence-electron chi connectivity index (χ4n) is 4.80. The zero-order valence-corrected chi connectivity index (χ0v) is 35.4. The Morgan fingerprint density at radius 3 is 1.46 bits per heavy atom. The highest BCUT2D eigenvalue weighted by Crippen LogP contribution is 2.17. The predicted octanol–water partition coefficient (Wildman–Crippen LogP) is 5.81.